The van der Waals surface area contributed by atoms with Gasteiger partial charge in [0.05, 0.1) is 7.11 Å². The monoisotopic (exact) mass is 283 g/mol. The summed E-state index contributed by atoms with van der Waals surface area (Å²) >= 11 is 5.83. The second kappa shape index (κ2) is 7.45. The Bertz CT molecular complexity index is 487. The van der Waals surface area contributed by atoms with Gasteiger partial charge in [-0.15, -0.1) is 0 Å². The number of carboxylic acids is 1. The summed E-state index contributed by atoms with van der Waals surface area (Å²) in [6, 6.07) is 7.37. The Hall–Kier alpha value is -1.98. The van der Waals surface area contributed by atoms with Crippen molar-refractivity contribution in [3.63, 3.8) is 0 Å². The summed E-state index contributed by atoms with van der Waals surface area (Å²) in [6.45, 7) is 3.23. The highest BCUT2D eigenvalue weighted by Crippen LogP contribution is 2.19. The molecule has 0 heterocycles. The molecule has 1 rings (SSSR count). The summed E-state index contributed by atoms with van der Waals surface area (Å²) in [5, 5.41) is 8.55. The summed E-state index contributed by atoms with van der Waals surface area (Å²) in [6.07, 6.45) is 3.25. The fourth-order valence-corrected chi connectivity index (χ4v) is 1.31. The second-order valence-corrected chi connectivity index (χ2v) is 3.89. The molecular formula is C13H14ClNO4. The lowest BCUT2D eigenvalue weighted by Gasteiger charge is -2.09. The molecule has 0 saturated carbocycles. The number of carboxylic acid groups (broad SMARTS) is 1. The molecule has 0 aromatic heterocycles. The normalized spacial score (nSPS) is 12.1. The van der Waals surface area contributed by atoms with E-state index in [1.807, 2.05) is 24.3 Å². The van der Waals surface area contributed by atoms with Crippen molar-refractivity contribution < 1.29 is 19.5 Å². The standard InChI is InChI=1S/C13H14ClNO4/c1-9(13(16)17)15-19-12(14)8-7-10-5-3-4-6-11(10)18-2/h3-8,12,15H,1H2,2H3,(H,16,17)/t12-/m1/s1. The van der Waals surface area contributed by atoms with E-state index in [4.69, 9.17) is 26.3 Å². The van der Waals surface area contributed by atoms with Gasteiger partial charge in [-0.1, -0.05) is 42.5 Å². The van der Waals surface area contributed by atoms with Crippen LogP contribution < -0.4 is 10.2 Å². The van der Waals surface area contributed by atoms with Gasteiger partial charge in [0.15, 0.2) is 5.56 Å². The van der Waals surface area contributed by atoms with Gasteiger partial charge in [-0.2, -0.15) is 0 Å². The van der Waals surface area contributed by atoms with Crippen molar-refractivity contribution >= 4 is 23.6 Å². The molecule has 1 atom stereocenters. The molecule has 0 radical (unpaired) electrons. The fraction of sp³-hybridized carbons (Fsp3) is 0.154. The summed E-state index contributed by atoms with van der Waals surface area (Å²) in [5.41, 5.74) is 1.83. The largest absolute Gasteiger partial charge is 0.496 e. The van der Waals surface area contributed by atoms with E-state index >= 15 is 0 Å². The summed E-state index contributed by atoms with van der Waals surface area (Å²) < 4.78 is 5.16. The number of ether oxygens (including phenoxy) is 1. The van der Waals surface area contributed by atoms with E-state index in [2.05, 4.69) is 12.1 Å². The number of para-hydroxylation sites is 1. The van der Waals surface area contributed by atoms with E-state index in [-0.39, 0.29) is 5.70 Å². The molecule has 0 unspecified atom stereocenters. The third-order valence-corrected chi connectivity index (χ3v) is 2.35. The predicted molar refractivity (Wildman–Crippen MR) is 72.7 cm³/mol. The SMILES string of the molecule is C=C(NO[C@@H](Cl)C=Cc1ccccc1OC)C(=O)O. The molecule has 102 valence electrons. The highest BCUT2D eigenvalue weighted by Gasteiger charge is 2.06. The number of nitrogens with one attached hydrogen (secondary N) is 1. The molecular weight excluding hydrogens is 270 g/mol. The van der Waals surface area contributed by atoms with E-state index < -0.39 is 11.5 Å². The third-order valence-electron chi connectivity index (χ3n) is 2.12. The van der Waals surface area contributed by atoms with Crippen LogP contribution in [0.3, 0.4) is 0 Å². The zero-order valence-corrected chi connectivity index (χ0v) is 11.1. The molecule has 0 amide bonds. The van der Waals surface area contributed by atoms with Gasteiger partial charge in [-0.05, 0) is 12.1 Å². The molecule has 2 N–H and O–H groups in total. The zero-order chi connectivity index (χ0) is 14.3. The summed E-state index contributed by atoms with van der Waals surface area (Å²) in [5.74, 6) is -0.511. The Morgan fingerprint density at radius 3 is 2.84 bits per heavy atom. The first kappa shape index (κ1) is 15.1. The minimum atomic E-state index is -1.21. The van der Waals surface area contributed by atoms with E-state index in [0.717, 1.165) is 5.56 Å². The van der Waals surface area contributed by atoms with Crippen LogP contribution in [0.2, 0.25) is 0 Å². The molecule has 0 aliphatic rings. The maximum Gasteiger partial charge on any atom is 0.353 e. The van der Waals surface area contributed by atoms with Crippen LogP contribution in [0.5, 0.6) is 5.75 Å². The van der Waals surface area contributed by atoms with Crippen LogP contribution in [0.4, 0.5) is 0 Å². The van der Waals surface area contributed by atoms with Crippen LogP contribution in [0, 0.1) is 0 Å². The van der Waals surface area contributed by atoms with Crippen molar-refractivity contribution in [3.05, 3.63) is 48.2 Å². The highest BCUT2D eigenvalue weighted by atomic mass is 35.5. The van der Waals surface area contributed by atoms with Crippen LogP contribution in [0.25, 0.3) is 6.08 Å². The quantitative estimate of drug-likeness (QED) is 0.457. The van der Waals surface area contributed by atoms with Gasteiger partial charge in [0.1, 0.15) is 11.4 Å². The average Bonchev–Trinajstić information content (AvgIpc) is 2.42. The molecule has 0 aliphatic carbocycles. The molecule has 19 heavy (non-hydrogen) atoms. The minimum Gasteiger partial charge on any atom is -0.496 e. The number of halogens is 1. The summed E-state index contributed by atoms with van der Waals surface area (Å²) in [4.78, 5) is 15.3. The molecule has 0 fully saturated rings. The van der Waals surface area contributed by atoms with Gasteiger partial charge in [-0.25, -0.2) is 4.79 Å². The third kappa shape index (κ3) is 5.03. The molecule has 6 heteroatoms. The Morgan fingerprint density at radius 1 is 1.53 bits per heavy atom. The Kier molecular flexibility index (Phi) is 5.92. The van der Waals surface area contributed by atoms with Crippen LogP contribution in [0.1, 0.15) is 5.56 Å². The molecule has 5 nitrogen and oxygen atoms in total. The number of alkyl halides is 1. The summed E-state index contributed by atoms with van der Waals surface area (Å²) in [7, 11) is 1.57. The average molecular weight is 284 g/mol. The number of aliphatic carboxylic acids is 1. The lowest BCUT2D eigenvalue weighted by atomic mass is 10.2. The molecule has 1 aromatic rings. The van der Waals surface area contributed by atoms with E-state index in [1.165, 1.54) is 0 Å². The predicted octanol–water partition coefficient (Wildman–Crippen LogP) is 2.39. The van der Waals surface area contributed by atoms with Gasteiger partial charge in [0.2, 0.25) is 0 Å². The molecule has 0 aliphatic heterocycles. The van der Waals surface area contributed by atoms with Crippen LogP contribution >= 0.6 is 11.6 Å². The van der Waals surface area contributed by atoms with Gasteiger partial charge in [0, 0.05) is 5.56 Å². The number of hydrogen-bond donors (Lipinski definition) is 2. The van der Waals surface area contributed by atoms with Crippen molar-refractivity contribution in [2.24, 2.45) is 0 Å². The van der Waals surface area contributed by atoms with Gasteiger partial charge < -0.3 is 9.84 Å². The Labute approximate surface area is 116 Å². The highest BCUT2D eigenvalue weighted by molar-refractivity contribution is 6.21. The van der Waals surface area contributed by atoms with Crippen LogP contribution in [0.15, 0.2) is 42.6 Å². The minimum absolute atomic E-state index is 0.295. The lowest BCUT2D eigenvalue weighted by Crippen LogP contribution is -2.22. The van der Waals surface area contributed by atoms with E-state index in [9.17, 15) is 4.79 Å². The molecule has 0 bridgehead atoms. The van der Waals surface area contributed by atoms with Crippen molar-refractivity contribution in [1.82, 2.24) is 5.48 Å². The van der Waals surface area contributed by atoms with E-state index in [0.29, 0.717) is 5.75 Å². The smallest absolute Gasteiger partial charge is 0.353 e. The molecule has 0 spiro atoms. The van der Waals surface area contributed by atoms with E-state index in [1.54, 1.807) is 19.3 Å². The second-order valence-electron chi connectivity index (χ2n) is 3.46. The maximum atomic E-state index is 10.5. The van der Waals surface area contributed by atoms with Gasteiger partial charge >= 0.3 is 5.97 Å². The topological polar surface area (TPSA) is 67.8 Å². The Morgan fingerprint density at radius 2 is 2.21 bits per heavy atom. The fourth-order valence-electron chi connectivity index (χ4n) is 1.19. The van der Waals surface area contributed by atoms with Crippen molar-refractivity contribution in [2.45, 2.75) is 5.56 Å². The number of carbonyl (C=O) groups is 1. The van der Waals surface area contributed by atoms with Crippen LogP contribution in [-0.2, 0) is 9.63 Å². The Balaban J connectivity index is 2.56. The molecule has 1 aromatic carbocycles. The number of hydroxylamine groups is 1. The van der Waals surface area contributed by atoms with Gasteiger partial charge in [0.25, 0.3) is 0 Å². The van der Waals surface area contributed by atoms with Crippen LogP contribution in [-0.4, -0.2) is 23.7 Å². The van der Waals surface area contributed by atoms with Crippen molar-refractivity contribution in [2.75, 3.05) is 7.11 Å². The first-order chi connectivity index (χ1) is 9.04. The first-order valence-electron chi connectivity index (χ1n) is 5.33. The number of benzene rings is 1. The first-order valence-corrected chi connectivity index (χ1v) is 5.77. The lowest BCUT2D eigenvalue weighted by molar-refractivity contribution is -0.134. The maximum absolute atomic E-state index is 10.5. The number of rotatable bonds is 7. The van der Waals surface area contributed by atoms with Crippen molar-refractivity contribution in [1.29, 1.82) is 0 Å². The zero-order valence-electron chi connectivity index (χ0n) is 10.3. The number of methoxy groups -OCH3 is 1. The molecule has 0 saturated heterocycles. The van der Waals surface area contributed by atoms with Gasteiger partial charge in [-0.3, -0.25) is 10.3 Å². The van der Waals surface area contributed by atoms with Crippen molar-refractivity contribution in [3.8, 4) is 5.75 Å². The number of hydrogen-bond acceptors (Lipinski definition) is 4.